The third kappa shape index (κ3) is 4.43. The first-order valence-electron chi connectivity index (χ1n) is 6.12. The van der Waals surface area contributed by atoms with E-state index in [0.29, 0.717) is 0 Å². The van der Waals surface area contributed by atoms with Crippen molar-refractivity contribution in [2.45, 2.75) is 52.1 Å². The van der Waals surface area contributed by atoms with Gasteiger partial charge < -0.3 is 10.0 Å². The molecular formula is C12H25NO. The lowest BCUT2D eigenvalue weighted by molar-refractivity contribution is 0.106. The molecule has 2 unspecified atom stereocenters. The van der Waals surface area contributed by atoms with Crippen LogP contribution in [0.1, 0.15) is 46.0 Å². The molecule has 84 valence electrons. The van der Waals surface area contributed by atoms with E-state index < -0.39 is 0 Å². The number of rotatable bonds is 4. The molecule has 0 aliphatic carbocycles. The second kappa shape index (κ2) is 6.41. The average molecular weight is 199 g/mol. The quantitative estimate of drug-likeness (QED) is 0.751. The Morgan fingerprint density at radius 3 is 2.86 bits per heavy atom. The predicted molar refractivity (Wildman–Crippen MR) is 60.4 cm³/mol. The largest absolute Gasteiger partial charge is 0.392 e. The molecule has 1 aliphatic rings. The van der Waals surface area contributed by atoms with E-state index in [4.69, 9.17) is 0 Å². The minimum atomic E-state index is -0.103. The maximum atomic E-state index is 9.72. The van der Waals surface area contributed by atoms with Gasteiger partial charge in [-0.25, -0.2) is 0 Å². The number of aliphatic hydroxyl groups is 1. The predicted octanol–water partition coefficient (Wildman–Crippen LogP) is 2.27. The summed E-state index contributed by atoms with van der Waals surface area (Å²) in [4.78, 5) is 2.43. The molecule has 0 aromatic carbocycles. The smallest absolute Gasteiger partial charge is 0.0667 e. The minimum absolute atomic E-state index is 0.103. The number of likely N-dealkylation sites (tertiary alicyclic amines) is 1. The van der Waals surface area contributed by atoms with E-state index >= 15 is 0 Å². The molecule has 1 aliphatic heterocycles. The first kappa shape index (κ1) is 12.0. The van der Waals surface area contributed by atoms with E-state index in [1.165, 1.54) is 32.4 Å². The number of hydrogen-bond acceptors (Lipinski definition) is 2. The summed E-state index contributed by atoms with van der Waals surface area (Å²) in [7, 11) is 0. The van der Waals surface area contributed by atoms with Gasteiger partial charge in [0.15, 0.2) is 0 Å². The van der Waals surface area contributed by atoms with Crippen LogP contribution in [-0.2, 0) is 0 Å². The molecule has 1 saturated heterocycles. The highest BCUT2D eigenvalue weighted by atomic mass is 16.3. The van der Waals surface area contributed by atoms with Gasteiger partial charge in [-0.15, -0.1) is 0 Å². The summed E-state index contributed by atoms with van der Waals surface area (Å²) in [5.74, 6) is 0.878. The molecule has 2 atom stereocenters. The van der Waals surface area contributed by atoms with E-state index in [1.54, 1.807) is 0 Å². The van der Waals surface area contributed by atoms with Crippen LogP contribution in [0.2, 0.25) is 0 Å². The topological polar surface area (TPSA) is 23.5 Å². The average Bonchev–Trinajstić information content (AvgIpc) is 2.32. The van der Waals surface area contributed by atoms with E-state index in [2.05, 4.69) is 18.7 Å². The van der Waals surface area contributed by atoms with Crippen molar-refractivity contribution in [2.24, 2.45) is 5.92 Å². The molecule has 2 nitrogen and oxygen atoms in total. The van der Waals surface area contributed by atoms with Gasteiger partial charge in [0, 0.05) is 6.54 Å². The Morgan fingerprint density at radius 2 is 2.14 bits per heavy atom. The van der Waals surface area contributed by atoms with E-state index in [-0.39, 0.29) is 6.10 Å². The number of nitrogens with zero attached hydrogens (tertiary/aromatic N) is 1. The molecule has 0 amide bonds. The summed E-state index contributed by atoms with van der Waals surface area (Å²) in [5.41, 5.74) is 0. The molecule has 14 heavy (non-hydrogen) atoms. The summed E-state index contributed by atoms with van der Waals surface area (Å²) >= 11 is 0. The summed E-state index contributed by atoms with van der Waals surface area (Å²) in [6.07, 6.45) is 5.91. The highest BCUT2D eigenvalue weighted by molar-refractivity contribution is 4.70. The molecule has 0 spiro atoms. The number of β-amino-alcohol motifs (C(OH)–C–C–N with tert-alkyl or cyclic N) is 1. The minimum Gasteiger partial charge on any atom is -0.392 e. The van der Waals surface area contributed by atoms with Crippen LogP contribution >= 0.6 is 0 Å². The van der Waals surface area contributed by atoms with Gasteiger partial charge in [0.25, 0.3) is 0 Å². The second-order valence-electron chi connectivity index (χ2n) is 4.78. The van der Waals surface area contributed by atoms with Gasteiger partial charge in [0.2, 0.25) is 0 Å². The molecule has 0 aromatic rings. The van der Waals surface area contributed by atoms with Gasteiger partial charge >= 0.3 is 0 Å². The second-order valence-corrected chi connectivity index (χ2v) is 4.78. The summed E-state index contributed by atoms with van der Waals surface area (Å²) in [5, 5.41) is 9.72. The summed E-state index contributed by atoms with van der Waals surface area (Å²) in [6.45, 7) is 7.73. The Bertz CT molecular complexity index is 149. The van der Waals surface area contributed by atoms with Crippen LogP contribution in [0.5, 0.6) is 0 Å². The fourth-order valence-electron chi connectivity index (χ4n) is 2.23. The molecule has 0 radical (unpaired) electrons. The van der Waals surface area contributed by atoms with Crippen molar-refractivity contribution in [1.82, 2.24) is 4.90 Å². The fraction of sp³-hybridized carbons (Fsp3) is 1.00. The summed E-state index contributed by atoms with van der Waals surface area (Å²) < 4.78 is 0. The van der Waals surface area contributed by atoms with Crippen molar-refractivity contribution < 1.29 is 5.11 Å². The Balaban J connectivity index is 2.22. The summed E-state index contributed by atoms with van der Waals surface area (Å²) in [6, 6.07) is 0. The molecule has 2 heteroatoms. The molecule has 1 heterocycles. The zero-order chi connectivity index (χ0) is 10.4. The molecule has 0 aromatic heterocycles. The lowest BCUT2D eigenvalue weighted by atomic mass is 10.0. The van der Waals surface area contributed by atoms with Crippen molar-refractivity contribution >= 4 is 0 Å². The first-order chi connectivity index (χ1) is 6.72. The first-order valence-corrected chi connectivity index (χ1v) is 6.12. The van der Waals surface area contributed by atoms with Crippen LogP contribution in [0, 0.1) is 5.92 Å². The van der Waals surface area contributed by atoms with Crippen molar-refractivity contribution in [1.29, 1.82) is 0 Å². The van der Waals surface area contributed by atoms with Gasteiger partial charge in [0.1, 0.15) is 0 Å². The zero-order valence-corrected chi connectivity index (χ0v) is 9.71. The fourth-order valence-corrected chi connectivity index (χ4v) is 2.23. The number of hydrogen-bond donors (Lipinski definition) is 1. The lowest BCUT2D eigenvalue weighted by Gasteiger charge is -2.22. The van der Waals surface area contributed by atoms with Crippen molar-refractivity contribution in [2.75, 3.05) is 19.6 Å². The van der Waals surface area contributed by atoms with Crippen LogP contribution in [-0.4, -0.2) is 35.7 Å². The normalized spacial score (nSPS) is 27.2. The van der Waals surface area contributed by atoms with Crippen LogP contribution in [0.15, 0.2) is 0 Å². The van der Waals surface area contributed by atoms with Gasteiger partial charge in [0.05, 0.1) is 6.10 Å². The van der Waals surface area contributed by atoms with E-state index in [9.17, 15) is 5.11 Å². The third-order valence-electron chi connectivity index (χ3n) is 3.20. The number of aliphatic hydroxyl groups excluding tert-OH is 1. The van der Waals surface area contributed by atoms with Crippen LogP contribution < -0.4 is 0 Å². The third-order valence-corrected chi connectivity index (χ3v) is 3.20. The van der Waals surface area contributed by atoms with Crippen molar-refractivity contribution in [3.05, 3.63) is 0 Å². The SMILES string of the molecule is CCCC(O)CN1CCCC(C)CC1. The molecule has 1 fully saturated rings. The van der Waals surface area contributed by atoms with Crippen molar-refractivity contribution in [3.63, 3.8) is 0 Å². The van der Waals surface area contributed by atoms with E-state index in [0.717, 1.165) is 25.3 Å². The van der Waals surface area contributed by atoms with Gasteiger partial charge in [-0.1, -0.05) is 20.3 Å². The van der Waals surface area contributed by atoms with Crippen LogP contribution in [0.25, 0.3) is 0 Å². The van der Waals surface area contributed by atoms with Crippen LogP contribution in [0.4, 0.5) is 0 Å². The van der Waals surface area contributed by atoms with Gasteiger partial charge in [-0.2, -0.15) is 0 Å². The highest BCUT2D eigenvalue weighted by Gasteiger charge is 2.15. The Hall–Kier alpha value is -0.0800. The van der Waals surface area contributed by atoms with Gasteiger partial charge in [-0.3, -0.25) is 0 Å². The highest BCUT2D eigenvalue weighted by Crippen LogP contribution is 2.16. The molecule has 1 rings (SSSR count). The Kier molecular flexibility index (Phi) is 5.49. The molecule has 0 bridgehead atoms. The standard InChI is InChI=1S/C12H25NO/c1-3-5-12(14)10-13-8-4-6-11(2)7-9-13/h11-12,14H,3-10H2,1-2H3. The monoisotopic (exact) mass is 199 g/mol. The Morgan fingerprint density at radius 1 is 1.36 bits per heavy atom. The maximum absolute atomic E-state index is 9.72. The molecule has 1 N–H and O–H groups in total. The van der Waals surface area contributed by atoms with Crippen molar-refractivity contribution in [3.8, 4) is 0 Å². The van der Waals surface area contributed by atoms with Crippen LogP contribution in [0.3, 0.4) is 0 Å². The molecule has 0 saturated carbocycles. The maximum Gasteiger partial charge on any atom is 0.0667 e. The Labute approximate surface area is 88.3 Å². The lowest BCUT2D eigenvalue weighted by Crippen LogP contribution is -2.33. The molecular weight excluding hydrogens is 174 g/mol. The van der Waals surface area contributed by atoms with Gasteiger partial charge in [-0.05, 0) is 44.7 Å². The van der Waals surface area contributed by atoms with E-state index in [1.807, 2.05) is 0 Å². The zero-order valence-electron chi connectivity index (χ0n) is 9.71.